The Kier molecular flexibility index (Phi) is 4.23. The van der Waals surface area contributed by atoms with Crippen molar-refractivity contribution < 1.29 is 17.9 Å². The Hall–Kier alpha value is -0.980. The van der Waals surface area contributed by atoms with E-state index in [1.807, 2.05) is 6.92 Å². The van der Waals surface area contributed by atoms with Crippen molar-refractivity contribution in [1.29, 1.82) is 0 Å². The molecular weight excluding hydrogens is 269 g/mol. The van der Waals surface area contributed by atoms with Crippen molar-refractivity contribution in [2.75, 3.05) is 6.54 Å². The first-order valence-electron chi connectivity index (χ1n) is 6.33. The van der Waals surface area contributed by atoms with Gasteiger partial charge in [0, 0.05) is 6.54 Å². The Balaban J connectivity index is 2.09. The number of rotatable bonds is 6. The van der Waals surface area contributed by atoms with Gasteiger partial charge >= 0.3 is 0 Å². The van der Waals surface area contributed by atoms with Crippen LogP contribution in [-0.4, -0.2) is 20.1 Å². The molecule has 0 spiro atoms. The first-order valence-corrected chi connectivity index (χ1v) is 7.81. The second-order valence-electron chi connectivity index (χ2n) is 5.09. The number of halogens is 1. The molecular formula is C13H18FNO3S. The molecule has 4 nitrogen and oxygen atoms in total. The molecule has 1 aromatic rings. The molecule has 1 aliphatic carbocycles. The number of aliphatic hydroxyl groups is 1. The smallest absolute Gasteiger partial charge is 0.243 e. The van der Waals surface area contributed by atoms with Gasteiger partial charge in [-0.05, 0) is 42.4 Å². The van der Waals surface area contributed by atoms with Crippen LogP contribution >= 0.6 is 0 Å². The van der Waals surface area contributed by atoms with Gasteiger partial charge in [-0.25, -0.2) is 17.5 Å². The molecule has 0 bridgehead atoms. The molecule has 1 aliphatic rings. The number of sulfonamides is 1. The van der Waals surface area contributed by atoms with Gasteiger partial charge in [0.15, 0.2) is 0 Å². The first-order chi connectivity index (χ1) is 8.94. The summed E-state index contributed by atoms with van der Waals surface area (Å²) in [5, 5.41) is 8.87. The third-order valence-corrected chi connectivity index (χ3v) is 4.95. The Bertz CT molecular complexity index is 555. The zero-order chi connectivity index (χ0) is 14.0. The summed E-state index contributed by atoms with van der Waals surface area (Å²) in [6.45, 7) is 2.00. The van der Waals surface area contributed by atoms with Crippen molar-refractivity contribution in [3.05, 3.63) is 29.6 Å². The summed E-state index contributed by atoms with van der Waals surface area (Å²) in [4.78, 5) is -0.368. The summed E-state index contributed by atoms with van der Waals surface area (Å²) < 4.78 is 40.1. The first kappa shape index (κ1) is 14.4. The van der Waals surface area contributed by atoms with Gasteiger partial charge < -0.3 is 5.11 Å². The summed E-state index contributed by atoms with van der Waals surface area (Å²) in [6, 6.07) is 3.63. The van der Waals surface area contributed by atoms with Crippen molar-refractivity contribution in [2.24, 2.45) is 11.8 Å². The van der Waals surface area contributed by atoms with Crippen LogP contribution in [0, 0.1) is 17.7 Å². The van der Waals surface area contributed by atoms with Gasteiger partial charge in [-0.2, -0.15) is 0 Å². The van der Waals surface area contributed by atoms with Gasteiger partial charge in [0.25, 0.3) is 0 Å². The van der Waals surface area contributed by atoms with E-state index in [0.717, 1.165) is 18.9 Å². The highest BCUT2D eigenvalue weighted by atomic mass is 32.2. The van der Waals surface area contributed by atoms with Crippen LogP contribution in [0.1, 0.15) is 25.3 Å². The molecule has 6 heteroatoms. The molecule has 1 saturated carbocycles. The number of aliphatic hydroxyl groups excluding tert-OH is 1. The van der Waals surface area contributed by atoms with Crippen LogP contribution in [-0.2, 0) is 16.6 Å². The van der Waals surface area contributed by atoms with Crippen molar-refractivity contribution >= 4 is 10.0 Å². The van der Waals surface area contributed by atoms with Crippen LogP contribution in [0.2, 0.25) is 0 Å². The van der Waals surface area contributed by atoms with E-state index in [1.54, 1.807) is 0 Å². The topological polar surface area (TPSA) is 66.4 Å². The van der Waals surface area contributed by atoms with Gasteiger partial charge in [0.1, 0.15) is 10.7 Å². The molecule has 1 unspecified atom stereocenters. The van der Waals surface area contributed by atoms with E-state index in [2.05, 4.69) is 4.72 Å². The summed E-state index contributed by atoms with van der Waals surface area (Å²) in [5.41, 5.74) is 0.350. The molecule has 0 aliphatic heterocycles. The van der Waals surface area contributed by atoms with Crippen LogP contribution in [0.3, 0.4) is 0 Å². The highest BCUT2D eigenvalue weighted by molar-refractivity contribution is 7.89. The molecule has 106 valence electrons. The van der Waals surface area contributed by atoms with E-state index in [1.165, 1.54) is 12.1 Å². The molecule has 0 saturated heterocycles. The minimum Gasteiger partial charge on any atom is -0.392 e. The SMILES string of the molecule is CC(CNS(=O)(=O)c1ccc(CO)cc1F)C1CC1. The molecule has 2 N–H and O–H groups in total. The van der Waals surface area contributed by atoms with Crippen LogP contribution in [0.5, 0.6) is 0 Å². The van der Waals surface area contributed by atoms with Gasteiger partial charge in [0.2, 0.25) is 10.0 Å². The van der Waals surface area contributed by atoms with E-state index >= 15 is 0 Å². The fourth-order valence-corrected chi connectivity index (χ4v) is 3.21. The third kappa shape index (κ3) is 3.52. The van der Waals surface area contributed by atoms with Crippen molar-refractivity contribution in [2.45, 2.75) is 31.3 Å². The number of nitrogens with one attached hydrogen (secondary N) is 1. The standard InChI is InChI=1S/C13H18FNO3S/c1-9(11-3-4-11)7-15-19(17,18)13-5-2-10(8-16)6-12(13)14/h2,5-6,9,11,15-16H,3-4,7-8H2,1H3. The maximum atomic E-state index is 13.7. The monoisotopic (exact) mass is 287 g/mol. The van der Waals surface area contributed by atoms with Gasteiger partial charge in [0.05, 0.1) is 6.61 Å². The average Bonchev–Trinajstić information content (AvgIpc) is 3.19. The maximum Gasteiger partial charge on any atom is 0.243 e. The van der Waals surface area contributed by atoms with Gasteiger partial charge in [-0.15, -0.1) is 0 Å². The minimum atomic E-state index is -3.82. The van der Waals surface area contributed by atoms with Crippen LogP contribution in [0.15, 0.2) is 23.1 Å². The van der Waals surface area contributed by atoms with E-state index in [-0.39, 0.29) is 17.4 Å². The van der Waals surface area contributed by atoms with Crippen LogP contribution in [0.4, 0.5) is 4.39 Å². The molecule has 0 amide bonds. The van der Waals surface area contributed by atoms with E-state index in [9.17, 15) is 12.8 Å². The van der Waals surface area contributed by atoms with E-state index < -0.39 is 15.8 Å². The molecule has 0 radical (unpaired) electrons. The largest absolute Gasteiger partial charge is 0.392 e. The minimum absolute atomic E-state index is 0.273. The molecule has 19 heavy (non-hydrogen) atoms. The lowest BCUT2D eigenvalue weighted by Crippen LogP contribution is -2.29. The maximum absolute atomic E-state index is 13.7. The fourth-order valence-electron chi connectivity index (χ4n) is 2.01. The Morgan fingerprint density at radius 3 is 2.68 bits per heavy atom. The summed E-state index contributed by atoms with van der Waals surface area (Å²) in [6.07, 6.45) is 2.28. The molecule has 1 atom stereocenters. The third-order valence-electron chi connectivity index (χ3n) is 3.49. The van der Waals surface area contributed by atoms with E-state index in [4.69, 9.17) is 5.11 Å². The average molecular weight is 287 g/mol. The Morgan fingerprint density at radius 2 is 2.16 bits per heavy atom. The van der Waals surface area contributed by atoms with Crippen molar-refractivity contribution in [3.63, 3.8) is 0 Å². The second-order valence-corrected chi connectivity index (χ2v) is 6.82. The second kappa shape index (κ2) is 5.56. The van der Waals surface area contributed by atoms with Crippen LogP contribution < -0.4 is 4.72 Å². The summed E-state index contributed by atoms with van der Waals surface area (Å²) in [5.74, 6) is 0.0250. The molecule has 1 aromatic carbocycles. The van der Waals surface area contributed by atoms with Gasteiger partial charge in [-0.3, -0.25) is 0 Å². The van der Waals surface area contributed by atoms with Crippen molar-refractivity contribution in [3.8, 4) is 0 Å². The lowest BCUT2D eigenvalue weighted by atomic mass is 10.1. The predicted octanol–water partition coefficient (Wildman–Crippen LogP) is 1.64. The fraction of sp³-hybridized carbons (Fsp3) is 0.538. The zero-order valence-corrected chi connectivity index (χ0v) is 11.6. The molecule has 1 fully saturated rings. The lowest BCUT2D eigenvalue weighted by Gasteiger charge is -2.12. The zero-order valence-electron chi connectivity index (χ0n) is 10.8. The highest BCUT2D eigenvalue weighted by Gasteiger charge is 2.29. The lowest BCUT2D eigenvalue weighted by molar-refractivity contribution is 0.281. The Morgan fingerprint density at radius 1 is 1.47 bits per heavy atom. The summed E-state index contributed by atoms with van der Waals surface area (Å²) >= 11 is 0. The highest BCUT2D eigenvalue weighted by Crippen LogP contribution is 2.36. The molecule has 2 rings (SSSR count). The van der Waals surface area contributed by atoms with Gasteiger partial charge in [-0.1, -0.05) is 13.0 Å². The van der Waals surface area contributed by atoms with Crippen molar-refractivity contribution in [1.82, 2.24) is 4.72 Å². The number of benzene rings is 1. The number of hydrogen-bond acceptors (Lipinski definition) is 3. The summed E-state index contributed by atoms with van der Waals surface area (Å²) in [7, 11) is -3.82. The van der Waals surface area contributed by atoms with E-state index in [0.29, 0.717) is 18.0 Å². The van der Waals surface area contributed by atoms with Crippen LogP contribution in [0.25, 0.3) is 0 Å². The molecule has 0 heterocycles. The number of hydrogen-bond donors (Lipinski definition) is 2. The quantitative estimate of drug-likeness (QED) is 0.836. The molecule has 0 aromatic heterocycles. The Labute approximate surface area is 112 Å². The normalized spacial score (nSPS) is 17.4. The predicted molar refractivity (Wildman–Crippen MR) is 69.4 cm³/mol.